The van der Waals surface area contributed by atoms with Gasteiger partial charge < -0.3 is 5.73 Å². The number of hydrogen-bond donors (Lipinski definition) is 3. The molecule has 0 aliphatic heterocycles. The summed E-state index contributed by atoms with van der Waals surface area (Å²) in [6, 6.07) is 4.98. The summed E-state index contributed by atoms with van der Waals surface area (Å²) in [6.07, 6.45) is 0. The Bertz CT molecular complexity index is 573. The number of benzene rings is 1. The zero-order valence-electron chi connectivity index (χ0n) is 10.6. The first kappa shape index (κ1) is 16.4. The van der Waals surface area contributed by atoms with Crippen LogP contribution in [0, 0.1) is 5.92 Å². The van der Waals surface area contributed by atoms with Crippen LogP contribution in [0.3, 0.4) is 0 Å². The molecule has 0 aliphatic rings. The molecular weight excluding hydrogens is 350 g/mol. The Hall–Kier alpha value is -0.700. The van der Waals surface area contributed by atoms with Crippen molar-refractivity contribution in [1.29, 1.82) is 0 Å². The molecule has 5 nitrogen and oxygen atoms in total. The van der Waals surface area contributed by atoms with Gasteiger partial charge in [0.1, 0.15) is 4.99 Å². The molecule has 1 aromatic rings. The minimum Gasteiger partial charge on any atom is -0.389 e. The van der Waals surface area contributed by atoms with E-state index in [1.165, 1.54) is 0 Å². The van der Waals surface area contributed by atoms with E-state index >= 15 is 0 Å². The van der Waals surface area contributed by atoms with Crippen molar-refractivity contribution in [3.05, 3.63) is 28.2 Å². The molecule has 0 spiro atoms. The maximum atomic E-state index is 11.8. The molecule has 1 rings (SSSR count). The van der Waals surface area contributed by atoms with Crippen LogP contribution in [-0.4, -0.2) is 20.0 Å². The van der Waals surface area contributed by atoms with Crippen LogP contribution in [0.2, 0.25) is 0 Å². The molecule has 0 saturated carbocycles. The van der Waals surface area contributed by atoms with E-state index in [-0.39, 0.29) is 10.9 Å². The fourth-order valence-corrected chi connectivity index (χ4v) is 2.89. The minimum absolute atomic E-state index is 0.128. The Labute approximate surface area is 127 Å². The molecule has 19 heavy (non-hydrogen) atoms. The van der Waals surface area contributed by atoms with E-state index in [0.717, 1.165) is 4.47 Å². The largest absolute Gasteiger partial charge is 0.389 e. The zero-order chi connectivity index (χ0) is 14.6. The van der Waals surface area contributed by atoms with E-state index in [2.05, 4.69) is 25.4 Å². The van der Waals surface area contributed by atoms with Crippen molar-refractivity contribution in [2.24, 2.45) is 11.7 Å². The normalized spacial score (nSPS) is 11.6. The third-order valence-electron chi connectivity index (χ3n) is 2.17. The van der Waals surface area contributed by atoms with Gasteiger partial charge in [-0.05, 0) is 24.1 Å². The predicted octanol–water partition coefficient (Wildman–Crippen LogP) is 1.99. The predicted molar refractivity (Wildman–Crippen MR) is 85.4 cm³/mol. The van der Waals surface area contributed by atoms with E-state index in [4.69, 9.17) is 18.0 Å². The van der Waals surface area contributed by atoms with E-state index < -0.39 is 10.2 Å². The van der Waals surface area contributed by atoms with Gasteiger partial charge in [0.15, 0.2) is 0 Å². The zero-order valence-corrected chi connectivity index (χ0v) is 13.8. The van der Waals surface area contributed by atoms with Gasteiger partial charge in [-0.3, -0.25) is 4.72 Å². The summed E-state index contributed by atoms with van der Waals surface area (Å²) in [5.74, 6) is 0.219. The van der Waals surface area contributed by atoms with Gasteiger partial charge in [0.25, 0.3) is 10.2 Å². The second kappa shape index (κ2) is 6.65. The van der Waals surface area contributed by atoms with E-state index in [1.54, 1.807) is 18.2 Å². The topological polar surface area (TPSA) is 84.2 Å². The van der Waals surface area contributed by atoms with Gasteiger partial charge in [-0.25, -0.2) is 0 Å². The smallest absolute Gasteiger partial charge is 0.299 e. The fraction of sp³-hybridized carbons (Fsp3) is 0.364. The molecule has 4 N–H and O–H groups in total. The summed E-state index contributed by atoms with van der Waals surface area (Å²) >= 11 is 8.19. The highest BCUT2D eigenvalue weighted by Crippen LogP contribution is 2.21. The minimum atomic E-state index is -3.63. The Morgan fingerprint density at radius 3 is 2.63 bits per heavy atom. The molecule has 0 aliphatic carbocycles. The van der Waals surface area contributed by atoms with Crippen molar-refractivity contribution in [3.63, 3.8) is 0 Å². The summed E-state index contributed by atoms with van der Waals surface area (Å²) in [6.45, 7) is 4.19. The number of rotatable bonds is 6. The quantitative estimate of drug-likeness (QED) is 0.673. The number of thiocarbonyl (C=S) groups is 1. The lowest BCUT2D eigenvalue weighted by Gasteiger charge is -2.13. The number of hydrogen-bond acceptors (Lipinski definition) is 3. The molecule has 0 aromatic heterocycles. The van der Waals surface area contributed by atoms with Gasteiger partial charge in [-0.2, -0.15) is 13.1 Å². The van der Waals surface area contributed by atoms with Crippen molar-refractivity contribution in [3.8, 4) is 0 Å². The Balaban J connectivity index is 2.96. The molecule has 0 amide bonds. The molecular formula is C11H16BrN3O2S2. The summed E-state index contributed by atoms with van der Waals surface area (Å²) in [5, 5.41) is 0. The SMILES string of the molecule is CC(C)CNS(=O)(=O)Nc1ccc(Br)cc1C(N)=S. The van der Waals surface area contributed by atoms with Crippen LogP contribution < -0.4 is 15.2 Å². The molecule has 0 bridgehead atoms. The Kier molecular flexibility index (Phi) is 5.72. The van der Waals surface area contributed by atoms with Gasteiger partial charge in [-0.1, -0.05) is 42.0 Å². The van der Waals surface area contributed by atoms with Crippen molar-refractivity contribution in [2.45, 2.75) is 13.8 Å². The molecule has 0 fully saturated rings. The molecule has 0 atom stereocenters. The van der Waals surface area contributed by atoms with Gasteiger partial charge in [-0.15, -0.1) is 0 Å². The first-order valence-electron chi connectivity index (χ1n) is 5.58. The average Bonchev–Trinajstić information content (AvgIpc) is 2.28. The van der Waals surface area contributed by atoms with Gasteiger partial charge in [0.05, 0.1) is 5.69 Å². The highest BCUT2D eigenvalue weighted by atomic mass is 79.9. The first-order valence-corrected chi connectivity index (χ1v) is 8.26. The van der Waals surface area contributed by atoms with Crippen molar-refractivity contribution >= 4 is 49.0 Å². The fourth-order valence-electron chi connectivity index (χ4n) is 1.27. The number of nitrogens with two attached hydrogens (primary N) is 1. The molecule has 0 heterocycles. The van der Waals surface area contributed by atoms with Gasteiger partial charge in [0, 0.05) is 16.6 Å². The van der Waals surface area contributed by atoms with Crippen LogP contribution in [-0.2, 0) is 10.2 Å². The first-order chi connectivity index (χ1) is 8.71. The molecule has 1 aromatic carbocycles. The van der Waals surface area contributed by atoms with Crippen LogP contribution in [0.5, 0.6) is 0 Å². The molecule has 8 heteroatoms. The Morgan fingerprint density at radius 1 is 1.47 bits per heavy atom. The van der Waals surface area contributed by atoms with Crippen molar-refractivity contribution in [1.82, 2.24) is 4.72 Å². The maximum Gasteiger partial charge on any atom is 0.299 e. The second-order valence-corrected chi connectivity index (χ2v) is 7.26. The van der Waals surface area contributed by atoms with Crippen LogP contribution >= 0.6 is 28.1 Å². The van der Waals surface area contributed by atoms with E-state index in [0.29, 0.717) is 17.8 Å². The highest BCUT2D eigenvalue weighted by molar-refractivity contribution is 9.10. The lowest BCUT2D eigenvalue weighted by Crippen LogP contribution is -2.33. The van der Waals surface area contributed by atoms with Crippen LogP contribution in [0.1, 0.15) is 19.4 Å². The second-order valence-electron chi connectivity index (χ2n) is 4.40. The van der Waals surface area contributed by atoms with E-state index in [1.807, 2.05) is 13.8 Å². The lowest BCUT2D eigenvalue weighted by atomic mass is 10.2. The summed E-state index contributed by atoms with van der Waals surface area (Å²) in [4.78, 5) is 0.128. The molecule has 106 valence electrons. The van der Waals surface area contributed by atoms with E-state index in [9.17, 15) is 8.42 Å². The highest BCUT2D eigenvalue weighted by Gasteiger charge is 2.14. The Morgan fingerprint density at radius 2 is 2.11 bits per heavy atom. The number of anilines is 1. The van der Waals surface area contributed by atoms with Crippen LogP contribution in [0.15, 0.2) is 22.7 Å². The van der Waals surface area contributed by atoms with Crippen LogP contribution in [0.4, 0.5) is 5.69 Å². The molecule has 0 radical (unpaired) electrons. The standard InChI is InChI=1S/C11H16BrN3O2S2/c1-7(2)6-14-19(16,17)15-10-4-3-8(12)5-9(10)11(13)18/h3-5,7,14-15H,6H2,1-2H3,(H2,13,18). The third-order valence-corrected chi connectivity index (χ3v) is 3.92. The third kappa shape index (κ3) is 5.43. The summed E-state index contributed by atoms with van der Waals surface area (Å²) in [7, 11) is -3.63. The summed E-state index contributed by atoms with van der Waals surface area (Å²) < 4.78 is 29.3. The number of halogens is 1. The monoisotopic (exact) mass is 365 g/mol. The van der Waals surface area contributed by atoms with Gasteiger partial charge >= 0.3 is 0 Å². The summed E-state index contributed by atoms with van der Waals surface area (Å²) in [5.41, 5.74) is 6.41. The van der Waals surface area contributed by atoms with Crippen molar-refractivity contribution in [2.75, 3.05) is 11.3 Å². The maximum absolute atomic E-state index is 11.8. The number of nitrogens with one attached hydrogen (secondary N) is 2. The van der Waals surface area contributed by atoms with Gasteiger partial charge in [0.2, 0.25) is 0 Å². The average molecular weight is 366 g/mol. The molecule has 0 unspecified atom stereocenters. The van der Waals surface area contributed by atoms with Crippen molar-refractivity contribution < 1.29 is 8.42 Å². The lowest BCUT2D eigenvalue weighted by molar-refractivity contribution is 0.565. The molecule has 0 saturated heterocycles. The van der Waals surface area contributed by atoms with Crippen LogP contribution in [0.25, 0.3) is 0 Å².